The van der Waals surface area contributed by atoms with Crippen LogP contribution in [0.25, 0.3) is 0 Å². The van der Waals surface area contributed by atoms with Gasteiger partial charge < -0.3 is 10.5 Å². The Kier molecular flexibility index (Phi) is 6.78. The van der Waals surface area contributed by atoms with Crippen LogP contribution in [0.5, 0.6) is 0 Å². The molecule has 1 aromatic rings. The monoisotopic (exact) mass is 299 g/mol. The van der Waals surface area contributed by atoms with Gasteiger partial charge in [0.25, 0.3) is 0 Å². The van der Waals surface area contributed by atoms with E-state index in [-0.39, 0.29) is 6.10 Å². The summed E-state index contributed by atoms with van der Waals surface area (Å²) in [7, 11) is 0. The van der Waals surface area contributed by atoms with Crippen molar-refractivity contribution in [2.24, 2.45) is 11.7 Å². The van der Waals surface area contributed by atoms with Gasteiger partial charge in [0.05, 0.1) is 6.10 Å². The van der Waals surface area contributed by atoms with Crippen LogP contribution in [0.4, 0.5) is 0 Å². The Morgan fingerprint density at radius 3 is 2.59 bits per heavy atom. The van der Waals surface area contributed by atoms with Gasteiger partial charge in [-0.3, -0.25) is 0 Å². The number of hydrogen-bond donors (Lipinski definition) is 1. The van der Waals surface area contributed by atoms with E-state index < -0.39 is 0 Å². The maximum atomic E-state index is 5.85. The summed E-state index contributed by atoms with van der Waals surface area (Å²) < 4.78 is 6.92. The summed E-state index contributed by atoms with van der Waals surface area (Å²) in [5, 5.41) is 0. The van der Waals surface area contributed by atoms with Crippen LogP contribution in [0, 0.1) is 5.92 Å². The number of benzene rings is 1. The summed E-state index contributed by atoms with van der Waals surface area (Å²) in [6, 6.07) is 8.10. The maximum absolute atomic E-state index is 5.85. The first-order chi connectivity index (χ1) is 8.15. The van der Waals surface area contributed by atoms with Gasteiger partial charge in [0.2, 0.25) is 0 Å². The molecule has 0 aliphatic heterocycles. The molecule has 0 aliphatic carbocycles. The highest BCUT2D eigenvalue weighted by atomic mass is 79.9. The molecule has 0 aromatic heterocycles. The minimum Gasteiger partial charge on any atom is -0.372 e. The van der Waals surface area contributed by atoms with E-state index in [1.165, 1.54) is 6.42 Å². The molecule has 0 spiro atoms. The molecule has 0 saturated heterocycles. The molecule has 2 nitrogen and oxygen atoms in total. The second kappa shape index (κ2) is 7.85. The average Bonchev–Trinajstić information content (AvgIpc) is 2.30. The van der Waals surface area contributed by atoms with Crippen molar-refractivity contribution in [3.8, 4) is 0 Å². The van der Waals surface area contributed by atoms with Crippen LogP contribution < -0.4 is 5.73 Å². The minimum atomic E-state index is -0.00210. The summed E-state index contributed by atoms with van der Waals surface area (Å²) >= 11 is 3.53. The van der Waals surface area contributed by atoms with Gasteiger partial charge in [-0.2, -0.15) is 0 Å². The molecular weight excluding hydrogens is 278 g/mol. The third-order valence-corrected chi connectivity index (χ3v) is 3.43. The molecule has 0 amide bonds. The van der Waals surface area contributed by atoms with E-state index in [1.54, 1.807) is 0 Å². The molecule has 1 atom stereocenters. The first-order valence-electron chi connectivity index (χ1n) is 6.21. The van der Waals surface area contributed by atoms with Gasteiger partial charge in [-0.05, 0) is 30.4 Å². The Morgan fingerprint density at radius 1 is 1.29 bits per heavy atom. The topological polar surface area (TPSA) is 35.2 Å². The Labute approximate surface area is 113 Å². The van der Waals surface area contributed by atoms with Gasteiger partial charge >= 0.3 is 0 Å². The standard InChI is InChI=1S/C14H22BrNO/c1-11(2)6-5-9-17-14(10-16)12-7-3-4-8-13(12)15/h3-4,7-8,11,14H,5-6,9-10,16H2,1-2H3. The predicted octanol–water partition coefficient (Wildman–Crippen LogP) is 3.90. The quantitative estimate of drug-likeness (QED) is 0.775. The van der Waals surface area contributed by atoms with Crippen molar-refractivity contribution in [3.63, 3.8) is 0 Å². The highest BCUT2D eigenvalue weighted by Gasteiger charge is 2.12. The van der Waals surface area contributed by atoms with Crippen molar-refractivity contribution >= 4 is 15.9 Å². The fourth-order valence-corrected chi connectivity index (χ4v) is 2.28. The molecule has 0 saturated carbocycles. The molecule has 0 radical (unpaired) electrons. The van der Waals surface area contributed by atoms with Crippen molar-refractivity contribution in [2.45, 2.75) is 32.8 Å². The molecule has 1 aromatic carbocycles. The van der Waals surface area contributed by atoms with Crippen molar-refractivity contribution in [1.29, 1.82) is 0 Å². The van der Waals surface area contributed by atoms with Crippen molar-refractivity contribution in [3.05, 3.63) is 34.3 Å². The van der Waals surface area contributed by atoms with Crippen LogP contribution in [0.15, 0.2) is 28.7 Å². The molecule has 0 heterocycles. The lowest BCUT2D eigenvalue weighted by molar-refractivity contribution is 0.0541. The normalized spacial score (nSPS) is 13.0. The zero-order valence-electron chi connectivity index (χ0n) is 10.7. The number of ether oxygens (including phenoxy) is 1. The average molecular weight is 300 g/mol. The fraction of sp³-hybridized carbons (Fsp3) is 0.571. The van der Waals surface area contributed by atoms with Gasteiger partial charge in [0.15, 0.2) is 0 Å². The van der Waals surface area contributed by atoms with Crippen molar-refractivity contribution in [1.82, 2.24) is 0 Å². The minimum absolute atomic E-state index is 0.00210. The molecule has 2 N–H and O–H groups in total. The lowest BCUT2D eigenvalue weighted by atomic mass is 10.1. The van der Waals surface area contributed by atoms with E-state index in [9.17, 15) is 0 Å². The van der Waals surface area contributed by atoms with E-state index in [2.05, 4.69) is 35.8 Å². The van der Waals surface area contributed by atoms with Crippen LogP contribution in [-0.2, 0) is 4.74 Å². The second-order valence-corrected chi connectivity index (χ2v) is 5.51. The van der Waals surface area contributed by atoms with Gasteiger partial charge in [-0.1, -0.05) is 48.0 Å². The Morgan fingerprint density at radius 2 is 2.00 bits per heavy atom. The van der Waals surface area contributed by atoms with Crippen molar-refractivity contribution in [2.75, 3.05) is 13.2 Å². The number of hydrogen-bond acceptors (Lipinski definition) is 2. The molecule has 0 fully saturated rings. The maximum Gasteiger partial charge on any atom is 0.0957 e. The molecule has 0 aliphatic rings. The first-order valence-corrected chi connectivity index (χ1v) is 7.00. The fourth-order valence-electron chi connectivity index (χ4n) is 1.74. The van der Waals surface area contributed by atoms with Crippen LogP contribution in [0.2, 0.25) is 0 Å². The van der Waals surface area contributed by atoms with Crippen LogP contribution in [0.1, 0.15) is 38.4 Å². The number of halogens is 1. The lowest BCUT2D eigenvalue weighted by Gasteiger charge is -2.18. The molecule has 96 valence electrons. The summed E-state index contributed by atoms with van der Waals surface area (Å²) in [6.07, 6.45) is 2.30. The second-order valence-electron chi connectivity index (χ2n) is 4.65. The third kappa shape index (κ3) is 5.19. The highest BCUT2D eigenvalue weighted by Crippen LogP contribution is 2.25. The summed E-state index contributed by atoms with van der Waals surface area (Å²) in [5.74, 6) is 0.735. The summed E-state index contributed by atoms with van der Waals surface area (Å²) in [4.78, 5) is 0. The van der Waals surface area contributed by atoms with Gasteiger partial charge in [-0.25, -0.2) is 0 Å². The molecule has 3 heteroatoms. The molecular formula is C14H22BrNO. The highest BCUT2D eigenvalue weighted by molar-refractivity contribution is 9.10. The Balaban J connectivity index is 2.46. The molecule has 1 unspecified atom stereocenters. The van der Waals surface area contributed by atoms with Gasteiger partial charge in [0.1, 0.15) is 0 Å². The molecule has 17 heavy (non-hydrogen) atoms. The predicted molar refractivity (Wildman–Crippen MR) is 76.0 cm³/mol. The van der Waals surface area contributed by atoms with Gasteiger partial charge in [0, 0.05) is 17.6 Å². The Hall–Kier alpha value is -0.380. The third-order valence-electron chi connectivity index (χ3n) is 2.71. The van der Waals surface area contributed by atoms with E-state index in [0.29, 0.717) is 6.54 Å². The summed E-state index contributed by atoms with van der Waals surface area (Å²) in [5.41, 5.74) is 6.91. The Bertz CT molecular complexity index is 328. The van der Waals surface area contributed by atoms with Crippen LogP contribution in [0.3, 0.4) is 0 Å². The zero-order valence-corrected chi connectivity index (χ0v) is 12.2. The largest absolute Gasteiger partial charge is 0.372 e. The zero-order chi connectivity index (χ0) is 12.7. The molecule has 1 rings (SSSR count). The van der Waals surface area contributed by atoms with E-state index >= 15 is 0 Å². The molecule has 0 bridgehead atoms. The van der Waals surface area contributed by atoms with Gasteiger partial charge in [-0.15, -0.1) is 0 Å². The number of rotatable bonds is 7. The summed E-state index contributed by atoms with van der Waals surface area (Å²) in [6.45, 7) is 5.76. The van der Waals surface area contributed by atoms with E-state index in [0.717, 1.165) is 29.0 Å². The van der Waals surface area contributed by atoms with Crippen LogP contribution in [-0.4, -0.2) is 13.2 Å². The number of nitrogens with two attached hydrogens (primary N) is 1. The SMILES string of the molecule is CC(C)CCCOC(CN)c1ccccc1Br. The lowest BCUT2D eigenvalue weighted by Crippen LogP contribution is -2.17. The first kappa shape index (κ1) is 14.7. The van der Waals surface area contributed by atoms with Crippen molar-refractivity contribution < 1.29 is 4.74 Å². The van der Waals surface area contributed by atoms with E-state index in [1.807, 2.05) is 18.2 Å². The van der Waals surface area contributed by atoms with Crippen LogP contribution >= 0.6 is 15.9 Å². The smallest absolute Gasteiger partial charge is 0.0957 e. The van der Waals surface area contributed by atoms with E-state index in [4.69, 9.17) is 10.5 Å².